The predicted molar refractivity (Wildman–Crippen MR) is 106 cm³/mol. The van der Waals surface area contributed by atoms with Gasteiger partial charge in [0.1, 0.15) is 17.8 Å². The van der Waals surface area contributed by atoms with E-state index in [4.69, 9.17) is 10.2 Å². The Morgan fingerprint density at radius 3 is 2.36 bits per heavy atom. The molecule has 0 radical (unpaired) electrons. The predicted octanol–water partition coefficient (Wildman–Crippen LogP) is 1.65. The number of carbonyl (C=O) groups is 3. The van der Waals surface area contributed by atoms with Gasteiger partial charge in [-0.2, -0.15) is 0 Å². The maximum atomic E-state index is 12.8. The van der Waals surface area contributed by atoms with Crippen molar-refractivity contribution in [3.8, 4) is 0 Å². The fourth-order valence-electron chi connectivity index (χ4n) is 2.64. The minimum absolute atomic E-state index is 0.173. The molecule has 0 spiro atoms. The Labute approximate surface area is 164 Å². The normalized spacial score (nSPS) is 13.2. The summed E-state index contributed by atoms with van der Waals surface area (Å²) in [6.45, 7) is 3.57. The highest BCUT2D eigenvalue weighted by Crippen LogP contribution is 2.07. The van der Waals surface area contributed by atoms with Crippen LogP contribution in [0.1, 0.15) is 25.2 Å². The average molecular weight is 383 g/mol. The number of hydrogen-bond donors (Lipinski definition) is 3. The molecule has 7 heteroatoms. The van der Waals surface area contributed by atoms with E-state index in [-0.39, 0.29) is 12.3 Å². The summed E-state index contributed by atoms with van der Waals surface area (Å²) in [5.74, 6) is -1.19. The molecule has 0 aliphatic heterocycles. The van der Waals surface area contributed by atoms with Crippen LogP contribution in [0.25, 0.3) is 6.08 Å². The fraction of sp³-hybridized carbons (Fsp3) is 0.286. The first-order valence-corrected chi connectivity index (χ1v) is 9.02. The van der Waals surface area contributed by atoms with Crippen molar-refractivity contribution < 1.29 is 18.8 Å². The van der Waals surface area contributed by atoms with E-state index in [0.717, 1.165) is 5.56 Å². The number of furan rings is 1. The third kappa shape index (κ3) is 6.42. The van der Waals surface area contributed by atoms with Gasteiger partial charge < -0.3 is 20.8 Å². The SMILES string of the molecule is CC(C)[C@H](NC(=O)[C@H](Cc1ccccc1)NC(=O)/C=C/c1ccco1)C(N)=O. The Kier molecular flexibility index (Phi) is 7.56. The molecule has 0 bridgehead atoms. The van der Waals surface area contributed by atoms with Gasteiger partial charge in [0.15, 0.2) is 0 Å². The highest BCUT2D eigenvalue weighted by Gasteiger charge is 2.27. The molecule has 3 amide bonds. The third-order valence-corrected chi connectivity index (χ3v) is 4.13. The second kappa shape index (κ2) is 10.1. The fourth-order valence-corrected chi connectivity index (χ4v) is 2.64. The zero-order valence-corrected chi connectivity index (χ0v) is 15.9. The van der Waals surface area contributed by atoms with Crippen LogP contribution in [0.2, 0.25) is 0 Å². The Morgan fingerprint density at radius 1 is 1.07 bits per heavy atom. The Hall–Kier alpha value is -3.35. The number of amides is 3. The molecule has 1 heterocycles. The Bertz CT molecular complexity index is 813. The van der Waals surface area contributed by atoms with Crippen molar-refractivity contribution >= 4 is 23.8 Å². The molecule has 4 N–H and O–H groups in total. The molecule has 0 fully saturated rings. The average Bonchev–Trinajstić information content (AvgIpc) is 3.17. The molecule has 0 unspecified atom stereocenters. The number of hydrogen-bond acceptors (Lipinski definition) is 4. The van der Waals surface area contributed by atoms with Crippen LogP contribution in [0, 0.1) is 5.92 Å². The van der Waals surface area contributed by atoms with Crippen molar-refractivity contribution in [2.75, 3.05) is 0 Å². The molecular formula is C21H25N3O4. The number of nitrogens with one attached hydrogen (secondary N) is 2. The smallest absolute Gasteiger partial charge is 0.244 e. The molecule has 2 rings (SSSR count). The zero-order valence-electron chi connectivity index (χ0n) is 15.9. The van der Waals surface area contributed by atoms with Gasteiger partial charge in [-0.15, -0.1) is 0 Å². The lowest BCUT2D eigenvalue weighted by Crippen LogP contribution is -2.55. The van der Waals surface area contributed by atoms with Crippen molar-refractivity contribution in [2.45, 2.75) is 32.4 Å². The van der Waals surface area contributed by atoms with Crippen molar-refractivity contribution in [1.29, 1.82) is 0 Å². The largest absolute Gasteiger partial charge is 0.465 e. The summed E-state index contributed by atoms with van der Waals surface area (Å²) in [5.41, 5.74) is 6.25. The zero-order chi connectivity index (χ0) is 20.5. The van der Waals surface area contributed by atoms with E-state index in [1.54, 1.807) is 26.0 Å². The molecule has 0 aliphatic carbocycles. The van der Waals surface area contributed by atoms with Crippen molar-refractivity contribution in [2.24, 2.45) is 11.7 Å². The number of primary amides is 1. The quantitative estimate of drug-likeness (QED) is 0.571. The summed E-state index contributed by atoms with van der Waals surface area (Å²) in [5, 5.41) is 5.32. The topological polar surface area (TPSA) is 114 Å². The Balaban J connectivity index is 2.12. The Morgan fingerprint density at radius 2 is 1.79 bits per heavy atom. The van der Waals surface area contributed by atoms with E-state index < -0.39 is 29.8 Å². The first-order valence-electron chi connectivity index (χ1n) is 9.02. The molecule has 7 nitrogen and oxygen atoms in total. The highest BCUT2D eigenvalue weighted by molar-refractivity contribution is 5.96. The molecule has 1 aromatic carbocycles. The van der Waals surface area contributed by atoms with Crippen LogP contribution in [-0.2, 0) is 20.8 Å². The summed E-state index contributed by atoms with van der Waals surface area (Å²) in [7, 11) is 0. The van der Waals surface area contributed by atoms with E-state index in [0.29, 0.717) is 5.76 Å². The van der Waals surface area contributed by atoms with Crippen LogP contribution in [0.4, 0.5) is 0 Å². The summed E-state index contributed by atoms with van der Waals surface area (Å²) in [4.78, 5) is 36.7. The second-order valence-corrected chi connectivity index (χ2v) is 6.73. The van der Waals surface area contributed by atoms with Gasteiger partial charge in [0.25, 0.3) is 0 Å². The van der Waals surface area contributed by atoms with Crippen LogP contribution in [0.5, 0.6) is 0 Å². The van der Waals surface area contributed by atoms with Crippen molar-refractivity contribution in [3.63, 3.8) is 0 Å². The lowest BCUT2D eigenvalue weighted by atomic mass is 10.0. The summed E-state index contributed by atoms with van der Waals surface area (Å²) in [6, 6.07) is 11.0. The van der Waals surface area contributed by atoms with Gasteiger partial charge in [-0.05, 0) is 29.7 Å². The molecular weight excluding hydrogens is 358 g/mol. The van der Waals surface area contributed by atoms with Crippen LogP contribution < -0.4 is 16.4 Å². The first-order chi connectivity index (χ1) is 13.4. The van der Waals surface area contributed by atoms with Gasteiger partial charge in [-0.1, -0.05) is 44.2 Å². The number of nitrogens with two attached hydrogens (primary N) is 1. The van der Waals surface area contributed by atoms with E-state index in [9.17, 15) is 14.4 Å². The molecule has 0 saturated heterocycles. The van der Waals surface area contributed by atoms with Crippen molar-refractivity contribution in [1.82, 2.24) is 10.6 Å². The number of rotatable bonds is 9. The van der Waals surface area contributed by atoms with E-state index in [1.165, 1.54) is 18.4 Å². The van der Waals surface area contributed by atoms with Gasteiger partial charge >= 0.3 is 0 Å². The summed E-state index contributed by atoms with van der Waals surface area (Å²) in [6.07, 6.45) is 4.57. The maximum Gasteiger partial charge on any atom is 0.244 e. The summed E-state index contributed by atoms with van der Waals surface area (Å²) >= 11 is 0. The number of carbonyl (C=O) groups excluding carboxylic acids is 3. The van der Waals surface area contributed by atoms with Crippen LogP contribution in [-0.4, -0.2) is 29.8 Å². The first kappa shape index (κ1) is 21.0. The molecule has 1 aromatic heterocycles. The second-order valence-electron chi connectivity index (χ2n) is 6.73. The minimum atomic E-state index is -0.864. The number of benzene rings is 1. The summed E-state index contributed by atoms with van der Waals surface area (Å²) < 4.78 is 5.14. The van der Waals surface area contributed by atoms with Crippen LogP contribution in [0.15, 0.2) is 59.2 Å². The van der Waals surface area contributed by atoms with Crippen LogP contribution >= 0.6 is 0 Å². The van der Waals surface area contributed by atoms with Crippen LogP contribution in [0.3, 0.4) is 0 Å². The monoisotopic (exact) mass is 383 g/mol. The van der Waals surface area contributed by atoms with Gasteiger partial charge in [0.05, 0.1) is 6.26 Å². The molecule has 28 heavy (non-hydrogen) atoms. The third-order valence-electron chi connectivity index (χ3n) is 4.13. The minimum Gasteiger partial charge on any atom is -0.465 e. The van der Waals surface area contributed by atoms with E-state index in [1.807, 2.05) is 30.3 Å². The van der Waals surface area contributed by atoms with E-state index in [2.05, 4.69) is 10.6 Å². The molecule has 2 atom stereocenters. The lowest BCUT2D eigenvalue weighted by molar-refractivity contribution is -0.131. The molecule has 148 valence electrons. The van der Waals surface area contributed by atoms with Gasteiger partial charge in [0.2, 0.25) is 17.7 Å². The maximum absolute atomic E-state index is 12.8. The standard InChI is InChI=1S/C21H25N3O4/c1-14(2)19(20(22)26)24-21(27)17(13-15-7-4-3-5-8-15)23-18(25)11-10-16-9-6-12-28-16/h3-12,14,17,19H,13H2,1-2H3,(H2,22,26)(H,23,25)(H,24,27)/b11-10+/t17-,19-/m0/s1. The molecule has 0 saturated carbocycles. The van der Waals surface area contributed by atoms with Crippen molar-refractivity contribution in [3.05, 3.63) is 66.1 Å². The van der Waals surface area contributed by atoms with Gasteiger partial charge in [-0.3, -0.25) is 14.4 Å². The lowest BCUT2D eigenvalue weighted by Gasteiger charge is -2.23. The van der Waals surface area contributed by atoms with E-state index >= 15 is 0 Å². The van der Waals surface area contributed by atoms with Gasteiger partial charge in [0, 0.05) is 12.5 Å². The molecule has 0 aliphatic rings. The molecule has 2 aromatic rings. The van der Waals surface area contributed by atoms with Gasteiger partial charge in [-0.25, -0.2) is 0 Å². The highest BCUT2D eigenvalue weighted by atomic mass is 16.3.